The average Bonchev–Trinajstić information content (AvgIpc) is 3.08. The van der Waals surface area contributed by atoms with Crippen molar-refractivity contribution in [1.29, 1.82) is 0 Å². The Balaban J connectivity index is 1.75. The lowest BCUT2D eigenvalue weighted by molar-refractivity contribution is 0.102. The van der Waals surface area contributed by atoms with E-state index in [1.165, 1.54) is 0 Å². The van der Waals surface area contributed by atoms with E-state index in [0.717, 1.165) is 5.56 Å². The van der Waals surface area contributed by atoms with E-state index in [2.05, 4.69) is 5.32 Å². The number of ketones is 1. The highest BCUT2D eigenvalue weighted by Crippen LogP contribution is 2.30. The Kier molecular flexibility index (Phi) is 5.88. The third-order valence-electron chi connectivity index (χ3n) is 5.18. The maximum Gasteiger partial charge on any atom is 0.259 e. The number of aromatic nitrogens is 1. The molecule has 2 aromatic carbocycles. The van der Waals surface area contributed by atoms with Gasteiger partial charge in [-0.15, -0.1) is 0 Å². The van der Waals surface area contributed by atoms with Crippen LogP contribution < -0.4 is 15.8 Å². The zero-order valence-electron chi connectivity index (χ0n) is 17.7. The van der Waals surface area contributed by atoms with Gasteiger partial charge in [0.2, 0.25) is 5.78 Å². The van der Waals surface area contributed by atoms with E-state index >= 15 is 0 Å². The number of hydrogen-bond donors (Lipinski definition) is 2. The first-order chi connectivity index (χ1) is 15.4. The zero-order chi connectivity index (χ0) is 22.8. The lowest BCUT2D eigenvalue weighted by atomic mass is 10.1. The van der Waals surface area contributed by atoms with Crippen molar-refractivity contribution in [2.24, 2.45) is 0 Å². The number of carbonyl (C=O) groups is 2. The Bertz CT molecular complexity index is 1330. The second-order valence-corrected chi connectivity index (χ2v) is 7.70. The van der Waals surface area contributed by atoms with Crippen molar-refractivity contribution in [1.82, 2.24) is 4.40 Å². The van der Waals surface area contributed by atoms with Crippen molar-refractivity contribution in [2.45, 2.75) is 13.8 Å². The summed E-state index contributed by atoms with van der Waals surface area (Å²) in [6.45, 7) is 4.31. The van der Waals surface area contributed by atoms with E-state index in [-0.39, 0.29) is 22.7 Å². The molecule has 0 spiro atoms. The monoisotopic (exact) mass is 447 g/mol. The first-order valence-electron chi connectivity index (χ1n) is 10.1. The number of ether oxygens (including phenoxy) is 1. The number of fused-ring (bicyclic) bond motifs is 1. The molecule has 0 aliphatic heterocycles. The Hall–Kier alpha value is -3.77. The standard InChI is InChI=1S/C25H22ClN3O3/c1-3-32-18-11-8-16(9-12-18)24(30)23-22(27)21(20-6-4-5-13-29(20)23)25(31)28-17-10-7-15(2)19(26)14-17/h4-14H,3,27H2,1-2H3,(H,28,31). The number of rotatable bonds is 6. The van der Waals surface area contributed by atoms with Gasteiger partial charge in [0.1, 0.15) is 11.4 Å². The van der Waals surface area contributed by atoms with Gasteiger partial charge in [0, 0.05) is 22.5 Å². The number of amides is 1. The molecule has 32 heavy (non-hydrogen) atoms. The number of hydrogen-bond acceptors (Lipinski definition) is 4. The summed E-state index contributed by atoms with van der Waals surface area (Å²) >= 11 is 6.18. The van der Waals surface area contributed by atoms with Gasteiger partial charge >= 0.3 is 0 Å². The maximum atomic E-state index is 13.3. The number of nitrogens with two attached hydrogens (primary N) is 1. The van der Waals surface area contributed by atoms with Crippen LogP contribution in [0.1, 0.15) is 38.9 Å². The predicted octanol–water partition coefficient (Wildman–Crippen LogP) is 5.37. The predicted molar refractivity (Wildman–Crippen MR) is 127 cm³/mol. The number of halogens is 1. The molecule has 0 saturated carbocycles. The van der Waals surface area contributed by atoms with Crippen LogP contribution in [-0.2, 0) is 0 Å². The number of nitrogens with zero attached hydrogens (tertiary/aromatic N) is 1. The molecule has 7 heteroatoms. The van der Waals surface area contributed by atoms with Crippen LogP contribution in [0.4, 0.5) is 11.4 Å². The van der Waals surface area contributed by atoms with Crippen molar-refractivity contribution in [2.75, 3.05) is 17.7 Å². The van der Waals surface area contributed by atoms with Crippen LogP contribution >= 0.6 is 11.6 Å². The van der Waals surface area contributed by atoms with Gasteiger partial charge in [0.05, 0.1) is 23.4 Å². The molecule has 3 N–H and O–H groups in total. The molecule has 0 atom stereocenters. The molecule has 0 fully saturated rings. The third-order valence-corrected chi connectivity index (χ3v) is 5.59. The molecule has 1 amide bonds. The first kappa shape index (κ1) is 21.5. The number of nitrogen functional groups attached to an aromatic ring is 1. The highest BCUT2D eigenvalue weighted by Gasteiger charge is 2.26. The molecule has 2 heterocycles. The van der Waals surface area contributed by atoms with Gasteiger partial charge in [0.25, 0.3) is 5.91 Å². The SMILES string of the molecule is CCOc1ccc(C(=O)c2c(N)c(C(=O)Nc3ccc(C)c(Cl)c3)c3ccccn23)cc1. The molecule has 4 rings (SSSR count). The van der Waals surface area contributed by atoms with Crippen LogP contribution in [0.3, 0.4) is 0 Å². The Labute approximate surface area is 190 Å². The highest BCUT2D eigenvalue weighted by atomic mass is 35.5. The van der Waals surface area contributed by atoms with Gasteiger partial charge in [-0.2, -0.15) is 0 Å². The summed E-state index contributed by atoms with van der Waals surface area (Å²) in [6, 6.07) is 17.4. The molecule has 162 valence electrons. The minimum Gasteiger partial charge on any atom is -0.494 e. The lowest BCUT2D eigenvalue weighted by Crippen LogP contribution is -2.14. The highest BCUT2D eigenvalue weighted by molar-refractivity contribution is 6.31. The van der Waals surface area contributed by atoms with E-state index in [9.17, 15) is 9.59 Å². The minimum absolute atomic E-state index is 0.116. The molecule has 0 radical (unpaired) electrons. The molecule has 0 unspecified atom stereocenters. The summed E-state index contributed by atoms with van der Waals surface area (Å²) in [6.07, 6.45) is 1.72. The molecule has 0 aliphatic rings. The summed E-state index contributed by atoms with van der Waals surface area (Å²) < 4.78 is 7.09. The number of benzene rings is 2. The Morgan fingerprint density at radius 3 is 2.53 bits per heavy atom. The number of carbonyl (C=O) groups excluding carboxylic acids is 2. The molecule has 2 aromatic heterocycles. The molecule has 6 nitrogen and oxygen atoms in total. The van der Waals surface area contributed by atoms with Crippen molar-refractivity contribution < 1.29 is 14.3 Å². The van der Waals surface area contributed by atoms with Crippen molar-refractivity contribution >= 4 is 40.2 Å². The van der Waals surface area contributed by atoms with Crippen LogP contribution in [-0.4, -0.2) is 22.7 Å². The summed E-state index contributed by atoms with van der Waals surface area (Å²) in [5, 5.41) is 3.37. The van der Waals surface area contributed by atoms with E-state index in [1.807, 2.05) is 19.9 Å². The summed E-state index contributed by atoms with van der Waals surface area (Å²) in [4.78, 5) is 26.5. The second kappa shape index (κ2) is 8.77. The normalized spacial score (nSPS) is 10.8. The van der Waals surface area contributed by atoms with Crippen molar-refractivity contribution in [3.05, 3.63) is 94.3 Å². The molecule has 0 saturated heterocycles. The summed E-state index contributed by atoms with van der Waals surface area (Å²) in [7, 11) is 0. The van der Waals surface area contributed by atoms with Crippen LogP contribution in [0, 0.1) is 6.92 Å². The van der Waals surface area contributed by atoms with E-state index in [4.69, 9.17) is 22.1 Å². The summed E-state index contributed by atoms with van der Waals surface area (Å²) in [5.41, 5.74) is 9.40. The Morgan fingerprint density at radius 1 is 1.09 bits per heavy atom. The number of aryl methyl sites for hydroxylation is 1. The van der Waals surface area contributed by atoms with Gasteiger partial charge < -0.3 is 20.2 Å². The molecular weight excluding hydrogens is 426 g/mol. The van der Waals surface area contributed by atoms with E-state index in [0.29, 0.717) is 34.1 Å². The Morgan fingerprint density at radius 2 is 1.84 bits per heavy atom. The van der Waals surface area contributed by atoms with Gasteiger partial charge in [-0.1, -0.05) is 23.7 Å². The second-order valence-electron chi connectivity index (χ2n) is 7.30. The van der Waals surface area contributed by atoms with Gasteiger partial charge in [-0.25, -0.2) is 0 Å². The minimum atomic E-state index is -0.420. The van der Waals surface area contributed by atoms with E-state index in [1.54, 1.807) is 65.2 Å². The number of nitrogens with one attached hydrogen (secondary N) is 1. The fraction of sp³-hybridized carbons (Fsp3) is 0.120. The maximum absolute atomic E-state index is 13.3. The van der Waals surface area contributed by atoms with Gasteiger partial charge in [-0.05, 0) is 67.9 Å². The topological polar surface area (TPSA) is 85.8 Å². The van der Waals surface area contributed by atoms with E-state index < -0.39 is 5.91 Å². The molecular formula is C25H22ClN3O3. The largest absolute Gasteiger partial charge is 0.494 e. The number of pyridine rings is 1. The first-order valence-corrected chi connectivity index (χ1v) is 10.5. The fourth-order valence-electron chi connectivity index (χ4n) is 3.57. The molecule has 4 aromatic rings. The lowest BCUT2D eigenvalue weighted by Gasteiger charge is -2.07. The van der Waals surface area contributed by atoms with Crippen LogP contribution in [0.5, 0.6) is 5.75 Å². The third kappa shape index (κ3) is 3.92. The van der Waals surface area contributed by atoms with Crippen LogP contribution in [0.25, 0.3) is 5.52 Å². The smallest absolute Gasteiger partial charge is 0.259 e. The van der Waals surface area contributed by atoms with Crippen LogP contribution in [0.15, 0.2) is 66.9 Å². The fourth-order valence-corrected chi connectivity index (χ4v) is 3.75. The van der Waals surface area contributed by atoms with Gasteiger partial charge in [-0.3, -0.25) is 9.59 Å². The number of anilines is 2. The quantitative estimate of drug-likeness (QED) is 0.389. The van der Waals surface area contributed by atoms with Crippen molar-refractivity contribution in [3.8, 4) is 5.75 Å². The summed E-state index contributed by atoms with van der Waals surface area (Å²) in [5.74, 6) is -0.0325. The molecule has 0 bridgehead atoms. The van der Waals surface area contributed by atoms with Crippen molar-refractivity contribution in [3.63, 3.8) is 0 Å². The molecule has 0 aliphatic carbocycles. The zero-order valence-corrected chi connectivity index (χ0v) is 18.4. The van der Waals surface area contributed by atoms with Gasteiger partial charge in [0.15, 0.2) is 0 Å². The average molecular weight is 448 g/mol. The van der Waals surface area contributed by atoms with Crippen LogP contribution in [0.2, 0.25) is 5.02 Å².